The molecule has 18 heavy (non-hydrogen) atoms. The minimum atomic E-state index is -0.136. The molecular weight excluding hydrogens is 227 g/mol. The summed E-state index contributed by atoms with van der Waals surface area (Å²) in [6.45, 7) is 8.99. The van der Waals surface area contributed by atoms with Crippen LogP contribution in [0.15, 0.2) is 18.2 Å². The van der Waals surface area contributed by atoms with E-state index in [2.05, 4.69) is 18.7 Å². The number of halogens is 1. The van der Waals surface area contributed by atoms with Crippen molar-refractivity contribution in [3.63, 3.8) is 0 Å². The summed E-state index contributed by atoms with van der Waals surface area (Å²) < 4.78 is 14.0. The van der Waals surface area contributed by atoms with E-state index in [1.54, 1.807) is 6.07 Å². The lowest BCUT2D eigenvalue weighted by molar-refractivity contribution is 0.235. The Morgan fingerprint density at radius 1 is 1.33 bits per heavy atom. The van der Waals surface area contributed by atoms with Gasteiger partial charge in [-0.25, -0.2) is 4.39 Å². The van der Waals surface area contributed by atoms with Crippen LogP contribution in [0.25, 0.3) is 0 Å². The third kappa shape index (κ3) is 2.57. The van der Waals surface area contributed by atoms with Crippen LogP contribution in [0.5, 0.6) is 0 Å². The third-order valence-corrected chi connectivity index (χ3v) is 4.19. The van der Waals surface area contributed by atoms with E-state index in [0.717, 1.165) is 24.2 Å². The SMILES string of the molecule is Cc1ccc(F)c(C(CN)N2CC(C)C(C)C2)c1. The number of likely N-dealkylation sites (tertiary alicyclic amines) is 1. The third-order valence-electron chi connectivity index (χ3n) is 4.19. The van der Waals surface area contributed by atoms with E-state index in [1.165, 1.54) is 0 Å². The maximum atomic E-state index is 14.0. The average molecular weight is 250 g/mol. The van der Waals surface area contributed by atoms with Gasteiger partial charge in [0.15, 0.2) is 0 Å². The van der Waals surface area contributed by atoms with E-state index in [0.29, 0.717) is 18.4 Å². The van der Waals surface area contributed by atoms with Crippen molar-refractivity contribution in [2.24, 2.45) is 17.6 Å². The zero-order valence-electron chi connectivity index (χ0n) is 11.5. The molecule has 0 aromatic heterocycles. The summed E-state index contributed by atoms with van der Waals surface area (Å²) in [6, 6.07) is 5.30. The number of hydrogen-bond donors (Lipinski definition) is 1. The summed E-state index contributed by atoms with van der Waals surface area (Å²) >= 11 is 0. The molecule has 1 aliphatic heterocycles. The second kappa shape index (κ2) is 5.37. The standard InChI is InChI=1S/C15H23FN2/c1-10-4-5-14(16)13(6-10)15(7-17)18-8-11(2)12(3)9-18/h4-6,11-12,15H,7-9,17H2,1-3H3. The largest absolute Gasteiger partial charge is 0.329 e. The number of nitrogens with two attached hydrogens (primary N) is 1. The maximum Gasteiger partial charge on any atom is 0.128 e. The molecule has 3 atom stereocenters. The molecule has 2 rings (SSSR count). The molecule has 0 saturated carbocycles. The van der Waals surface area contributed by atoms with Crippen LogP contribution in [0.4, 0.5) is 4.39 Å². The summed E-state index contributed by atoms with van der Waals surface area (Å²) in [5.74, 6) is 1.18. The first-order chi connectivity index (χ1) is 8.52. The first kappa shape index (κ1) is 13.5. The van der Waals surface area contributed by atoms with Crippen molar-refractivity contribution in [3.05, 3.63) is 35.1 Å². The van der Waals surface area contributed by atoms with Crippen LogP contribution in [0, 0.1) is 24.6 Å². The highest BCUT2D eigenvalue weighted by atomic mass is 19.1. The quantitative estimate of drug-likeness (QED) is 0.893. The van der Waals surface area contributed by atoms with Gasteiger partial charge >= 0.3 is 0 Å². The van der Waals surface area contributed by atoms with Gasteiger partial charge in [-0.3, -0.25) is 4.90 Å². The van der Waals surface area contributed by atoms with Crippen LogP contribution in [0.2, 0.25) is 0 Å². The van der Waals surface area contributed by atoms with E-state index in [-0.39, 0.29) is 11.9 Å². The highest BCUT2D eigenvalue weighted by Gasteiger charge is 2.32. The monoisotopic (exact) mass is 250 g/mol. The number of rotatable bonds is 3. The molecule has 1 heterocycles. The predicted octanol–water partition coefficient (Wildman–Crippen LogP) is 2.72. The minimum absolute atomic E-state index is 0.0114. The van der Waals surface area contributed by atoms with E-state index in [1.807, 2.05) is 19.1 Å². The van der Waals surface area contributed by atoms with Crippen molar-refractivity contribution >= 4 is 0 Å². The molecule has 1 fully saturated rings. The molecule has 0 amide bonds. The summed E-state index contributed by atoms with van der Waals surface area (Å²) in [5.41, 5.74) is 7.72. The fourth-order valence-electron chi connectivity index (χ4n) is 2.82. The van der Waals surface area contributed by atoms with Gasteiger partial charge in [-0.05, 0) is 24.8 Å². The summed E-state index contributed by atoms with van der Waals surface area (Å²) in [6.07, 6.45) is 0. The predicted molar refractivity (Wildman–Crippen MR) is 72.8 cm³/mol. The van der Waals surface area contributed by atoms with Crippen molar-refractivity contribution in [2.45, 2.75) is 26.8 Å². The maximum absolute atomic E-state index is 14.0. The van der Waals surface area contributed by atoms with Crippen LogP contribution in [0.1, 0.15) is 31.0 Å². The molecule has 0 aliphatic carbocycles. The number of benzene rings is 1. The Morgan fingerprint density at radius 2 is 1.94 bits per heavy atom. The Balaban J connectivity index is 2.26. The number of aryl methyl sites for hydroxylation is 1. The zero-order chi connectivity index (χ0) is 13.3. The van der Waals surface area contributed by atoms with Gasteiger partial charge in [-0.1, -0.05) is 31.5 Å². The number of nitrogens with zero attached hydrogens (tertiary/aromatic N) is 1. The molecule has 100 valence electrons. The molecule has 1 aliphatic rings. The van der Waals surface area contributed by atoms with Gasteiger partial charge < -0.3 is 5.73 Å². The molecule has 2 N–H and O–H groups in total. The molecular formula is C15H23FN2. The Morgan fingerprint density at radius 3 is 2.50 bits per heavy atom. The molecule has 3 heteroatoms. The zero-order valence-corrected chi connectivity index (χ0v) is 11.5. The van der Waals surface area contributed by atoms with Crippen molar-refractivity contribution in [1.82, 2.24) is 4.90 Å². The highest BCUT2D eigenvalue weighted by molar-refractivity contribution is 5.27. The molecule has 0 spiro atoms. The normalized spacial score (nSPS) is 26.5. The van der Waals surface area contributed by atoms with E-state index >= 15 is 0 Å². The van der Waals surface area contributed by atoms with Crippen LogP contribution in [-0.2, 0) is 0 Å². The van der Waals surface area contributed by atoms with Gasteiger partial charge in [0.2, 0.25) is 0 Å². The Hall–Kier alpha value is -0.930. The molecule has 0 bridgehead atoms. The van der Waals surface area contributed by atoms with E-state index in [4.69, 9.17) is 5.73 Å². The Bertz CT molecular complexity index is 409. The van der Waals surface area contributed by atoms with Crippen LogP contribution in [0.3, 0.4) is 0 Å². The van der Waals surface area contributed by atoms with Crippen molar-refractivity contribution in [1.29, 1.82) is 0 Å². The lowest BCUT2D eigenvalue weighted by atomic mass is 10.0. The smallest absolute Gasteiger partial charge is 0.128 e. The Kier molecular flexibility index (Phi) is 4.03. The van der Waals surface area contributed by atoms with Gasteiger partial charge in [0.25, 0.3) is 0 Å². The van der Waals surface area contributed by atoms with Gasteiger partial charge in [-0.15, -0.1) is 0 Å². The summed E-state index contributed by atoms with van der Waals surface area (Å²) in [7, 11) is 0. The fraction of sp³-hybridized carbons (Fsp3) is 0.600. The van der Waals surface area contributed by atoms with E-state index in [9.17, 15) is 4.39 Å². The van der Waals surface area contributed by atoms with Gasteiger partial charge in [0, 0.05) is 31.2 Å². The second-order valence-electron chi connectivity index (χ2n) is 5.68. The molecule has 1 aromatic rings. The average Bonchev–Trinajstić information content (AvgIpc) is 2.65. The molecule has 1 aromatic carbocycles. The molecule has 2 nitrogen and oxygen atoms in total. The van der Waals surface area contributed by atoms with Crippen molar-refractivity contribution in [2.75, 3.05) is 19.6 Å². The topological polar surface area (TPSA) is 29.3 Å². The van der Waals surface area contributed by atoms with Gasteiger partial charge in [0.1, 0.15) is 5.82 Å². The van der Waals surface area contributed by atoms with E-state index < -0.39 is 0 Å². The lowest BCUT2D eigenvalue weighted by Crippen LogP contribution is -2.33. The lowest BCUT2D eigenvalue weighted by Gasteiger charge is -2.27. The van der Waals surface area contributed by atoms with Crippen molar-refractivity contribution < 1.29 is 4.39 Å². The molecule has 0 radical (unpaired) electrons. The minimum Gasteiger partial charge on any atom is -0.329 e. The van der Waals surface area contributed by atoms with Crippen molar-refractivity contribution in [3.8, 4) is 0 Å². The van der Waals surface area contributed by atoms with Crippen LogP contribution >= 0.6 is 0 Å². The summed E-state index contributed by atoms with van der Waals surface area (Å²) in [5, 5.41) is 0. The fourth-order valence-corrected chi connectivity index (χ4v) is 2.82. The van der Waals surface area contributed by atoms with Gasteiger partial charge in [0.05, 0.1) is 0 Å². The van der Waals surface area contributed by atoms with Crippen LogP contribution in [-0.4, -0.2) is 24.5 Å². The highest BCUT2D eigenvalue weighted by Crippen LogP contribution is 2.31. The first-order valence-corrected chi connectivity index (χ1v) is 6.73. The second-order valence-corrected chi connectivity index (χ2v) is 5.68. The summed E-state index contributed by atoms with van der Waals surface area (Å²) in [4.78, 5) is 2.33. The molecule has 3 unspecified atom stereocenters. The first-order valence-electron chi connectivity index (χ1n) is 6.73. The Labute approximate surface area is 109 Å². The number of hydrogen-bond acceptors (Lipinski definition) is 2. The van der Waals surface area contributed by atoms with Gasteiger partial charge in [-0.2, -0.15) is 0 Å². The van der Waals surface area contributed by atoms with Crippen LogP contribution < -0.4 is 5.73 Å². The molecule has 1 saturated heterocycles.